The summed E-state index contributed by atoms with van der Waals surface area (Å²) in [5.41, 5.74) is -9.89. The maximum absolute atomic E-state index is 10.8. The van der Waals surface area contributed by atoms with Crippen LogP contribution in [0.25, 0.3) is 10.1 Å². The third-order valence-electron chi connectivity index (χ3n) is 11.9. The molecule has 0 fully saturated rings. The number of para-hydroxylation sites is 2. The molecule has 2 aliphatic heterocycles. The van der Waals surface area contributed by atoms with Gasteiger partial charge in [-0.25, -0.2) is 0 Å². The van der Waals surface area contributed by atoms with Gasteiger partial charge in [-0.2, -0.15) is 0 Å². The van der Waals surface area contributed by atoms with E-state index in [1.54, 1.807) is 54.5 Å². The minimum atomic E-state index is -1.97. The number of fused-ring (bicyclic) bond motifs is 6. The smallest absolute Gasteiger partial charge is 0.264 e. The van der Waals surface area contributed by atoms with E-state index in [-0.39, 0.29) is 71.9 Å². The number of rotatable bonds is 7. The predicted molar refractivity (Wildman–Crippen MR) is 291 cm³/mol. The Bertz CT molecular complexity index is 4840. The SMILES string of the molecule is [2H]c1c([2H])c([2H])c(N(c2c([2H])c([2H])c([2H])c([2H])c2[2H])c2c([2H])c([2H])c3c(c2[2H])N(c2c([2H])c([2H])c(C(C)(C)c4c([2H])c([2H])c([2H])c([2H])c4[2H])c([2H])c2[2H])c2cc(C)cc4c2B3c2sc3c([2H])c([2H])c(C(C)(C)C)c([2H])c3c2N4c2c([2H])c([2H])c(C(C)(C)C)c([2H])c2[2H])c([2H])c1[2H]. The molecule has 0 amide bonds. The summed E-state index contributed by atoms with van der Waals surface area (Å²) in [6.07, 6.45) is 0. The molecule has 3 nitrogen and oxygen atoms in total. The first-order valence-electron chi connectivity index (χ1n) is 35.9. The Labute approximate surface area is 442 Å². The summed E-state index contributed by atoms with van der Waals surface area (Å²) in [5, 5.41) is -0.0267. The third kappa shape index (κ3) is 7.27. The van der Waals surface area contributed by atoms with Crippen LogP contribution in [0.3, 0.4) is 0 Å². The second-order valence-corrected chi connectivity index (χ2v) is 20.0. The highest BCUT2D eigenvalue weighted by molar-refractivity contribution is 7.33. The molecule has 0 N–H and O–H groups in total. The van der Waals surface area contributed by atoms with Gasteiger partial charge >= 0.3 is 0 Å². The average molecular weight is 917 g/mol. The number of anilines is 9. The first-order chi connectivity index (χ1) is 44.3. The fraction of sp³-hybridized carbons (Fsp3) is 0.194. The number of hydrogen-bond acceptors (Lipinski definition) is 4. The van der Waals surface area contributed by atoms with Gasteiger partial charge in [0, 0.05) is 65.8 Å². The number of hydrogen-bond donors (Lipinski definition) is 0. The molecule has 8 aromatic carbocycles. The maximum Gasteiger partial charge on any atom is 0.264 e. The molecule has 0 saturated carbocycles. The first kappa shape index (κ1) is 21.4. The van der Waals surface area contributed by atoms with Gasteiger partial charge in [0.25, 0.3) is 6.71 Å². The summed E-state index contributed by atoms with van der Waals surface area (Å²) in [4.78, 5) is 2.92. The van der Waals surface area contributed by atoms with E-state index in [0.29, 0.717) is 4.90 Å². The Hall–Kier alpha value is -6.82. The number of thiophene rings is 1. The van der Waals surface area contributed by atoms with Gasteiger partial charge in [0.15, 0.2) is 0 Å². The quantitative estimate of drug-likeness (QED) is 0.148. The fourth-order valence-electron chi connectivity index (χ4n) is 8.40. The molecule has 1 aromatic heterocycles. The van der Waals surface area contributed by atoms with Crippen molar-refractivity contribution in [3.8, 4) is 0 Å². The van der Waals surface area contributed by atoms with Crippen LogP contribution in [-0.2, 0) is 16.2 Å². The second-order valence-electron chi connectivity index (χ2n) is 18.9. The highest BCUT2D eigenvalue weighted by Gasteiger charge is 2.46. The minimum absolute atomic E-state index is 0.00217. The monoisotopic (exact) mass is 917 g/mol. The molecule has 9 aromatic rings. The molecule has 5 heteroatoms. The molecule has 0 bridgehead atoms. The van der Waals surface area contributed by atoms with Crippen LogP contribution in [0.1, 0.15) is 123 Å². The molecule has 0 atom stereocenters. The van der Waals surface area contributed by atoms with E-state index >= 15 is 0 Å². The van der Waals surface area contributed by atoms with Gasteiger partial charge in [-0.3, -0.25) is 0 Å². The van der Waals surface area contributed by atoms with E-state index in [9.17, 15) is 24.7 Å². The van der Waals surface area contributed by atoms with Crippen LogP contribution in [0.2, 0.25) is 0 Å². The van der Waals surface area contributed by atoms with Gasteiger partial charge in [-0.15, -0.1) is 11.3 Å². The molecule has 67 heavy (non-hydrogen) atoms. The van der Waals surface area contributed by atoms with E-state index in [4.69, 9.17) is 15.1 Å². The zero-order valence-corrected chi connectivity index (χ0v) is 38.8. The Kier molecular flexibility index (Phi) is 5.09. The molecule has 0 saturated heterocycles. The molecular weight excluding hydrogens is 830 g/mol. The maximum atomic E-state index is 10.8. The van der Waals surface area contributed by atoms with Gasteiger partial charge < -0.3 is 14.7 Å². The van der Waals surface area contributed by atoms with E-state index in [0.717, 1.165) is 16.2 Å². The van der Waals surface area contributed by atoms with Crippen molar-refractivity contribution in [2.75, 3.05) is 14.7 Å². The van der Waals surface area contributed by atoms with Gasteiger partial charge in [0.2, 0.25) is 0 Å². The van der Waals surface area contributed by atoms with Crippen LogP contribution >= 0.6 is 11.3 Å². The fourth-order valence-corrected chi connectivity index (χ4v) is 9.61. The molecule has 2 aliphatic rings. The van der Waals surface area contributed by atoms with Crippen LogP contribution < -0.4 is 30.4 Å². The Morgan fingerprint density at radius 1 is 0.493 bits per heavy atom. The van der Waals surface area contributed by atoms with Crippen molar-refractivity contribution in [3.05, 3.63) is 215 Å². The summed E-state index contributed by atoms with van der Waals surface area (Å²) >= 11 is 0.823. The van der Waals surface area contributed by atoms with E-state index in [1.807, 2.05) is 0 Å². The van der Waals surface area contributed by atoms with Gasteiger partial charge in [0.1, 0.15) is 0 Å². The van der Waals surface area contributed by atoms with Crippen LogP contribution in [-0.4, -0.2) is 6.71 Å². The van der Waals surface area contributed by atoms with E-state index in [1.165, 1.54) is 24.8 Å². The summed E-state index contributed by atoms with van der Waals surface area (Å²) < 4.78 is 274. The van der Waals surface area contributed by atoms with Gasteiger partial charge in [0.05, 0.1) is 45.4 Å². The molecule has 0 spiro atoms. The van der Waals surface area contributed by atoms with Crippen molar-refractivity contribution in [1.29, 1.82) is 0 Å². The van der Waals surface area contributed by atoms with Crippen LogP contribution in [0, 0.1) is 6.92 Å². The molecule has 3 heterocycles. The van der Waals surface area contributed by atoms with Crippen LogP contribution in [0.5, 0.6) is 0 Å². The van der Waals surface area contributed by atoms with E-state index < -0.39 is 231 Å². The molecule has 11 rings (SSSR count). The van der Waals surface area contributed by atoms with Crippen molar-refractivity contribution in [2.45, 2.75) is 78.6 Å². The van der Waals surface area contributed by atoms with Crippen molar-refractivity contribution in [1.82, 2.24) is 0 Å². The van der Waals surface area contributed by atoms with Gasteiger partial charge in [-0.05, 0) is 141 Å². The van der Waals surface area contributed by atoms with E-state index in [2.05, 4.69) is 0 Å². The Morgan fingerprint density at radius 3 is 1.58 bits per heavy atom. The summed E-state index contributed by atoms with van der Waals surface area (Å²) in [5.74, 6) is 0. The first-order valence-corrected chi connectivity index (χ1v) is 22.3. The zero-order chi connectivity index (χ0) is 71.6. The zero-order valence-electron chi connectivity index (χ0n) is 67.0. The molecule has 0 aliphatic carbocycles. The van der Waals surface area contributed by atoms with Crippen molar-refractivity contribution in [3.63, 3.8) is 0 Å². The standard InChI is InChI=1S/C62H58BN3S/c1-41-37-54-57-55(38-41)66(49-30-25-42(26-31-49)60(2,3)4)58-51-39-45(61(5,6)7)29-36-56(51)67-59(58)63(57)52-35-34-50(64(46-21-15-11-16-22-46)47-23-17-12-18-24-47)40-53(52)65(54)48-32-27-44(28-33-48)62(8,9)43-19-13-10-14-20-43/h10-40H,1-9H3/i10D,11D,12D,13D,14D,15D,16D,17D,18D,19D,20D,21D,22D,23D,24D,25D,26D,27D,28D,29D,30D,31D,32D,33D,34D,35D,36D,39D,40D. The Balaban J connectivity index is 1.41. The van der Waals surface area contributed by atoms with Crippen molar-refractivity contribution >= 4 is 95.0 Å². The largest absolute Gasteiger partial charge is 0.311 e. The predicted octanol–water partition coefficient (Wildman–Crippen LogP) is 15.7. The lowest BCUT2D eigenvalue weighted by molar-refractivity contribution is 0.590. The number of benzene rings is 8. The van der Waals surface area contributed by atoms with Crippen molar-refractivity contribution in [2.24, 2.45) is 0 Å². The van der Waals surface area contributed by atoms with Gasteiger partial charge in [-0.1, -0.05) is 158 Å². The topological polar surface area (TPSA) is 9.72 Å². The highest BCUT2D eigenvalue weighted by atomic mass is 32.1. The average Bonchev–Trinajstić information content (AvgIpc) is 1.29. The minimum Gasteiger partial charge on any atom is -0.311 e. The molecular formula is C62H58BN3S. The molecule has 330 valence electrons. The summed E-state index contributed by atoms with van der Waals surface area (Å²) in [6, 6.07) is -20.7. The van der Waals surface area contributed by atoms with Crippen LogP contribution in [0.15, 0.2) is 187 Å². The summed E-state index contributed by atoms with van der Waals surface area (Å²) in [7, 11) is 0. The normalized spacial score (nSPS) is 19.4. The number of aryl methyl sites for hydroxylation is 1. The summed E-state index contributed by atoms with van der Waals surface area (Å²) in [6.45, 7) is 13.0. The van der Waals surface area contributed by atoms with Crippen molar-refractivity contribution < 1.29 is 39.8 Å². The second kappa shape index (κ2) is 15.9. The third-order valence-corrected chi connectivity index (χ3v) is 13.0. The van der Waals surface area contributed by atoms with Crippen LogP contribution in [0.4, 0.5) is 51.2 Å². The molecule has 0 unspecified atom stereocenters. The Morgan fingerprint density at radius 2 is 1.00 bits per heavy atom. The number of nitrogens with zero attached hydrogens (tertiary/aromatic N) is 3. The lowest BCUT2D eigenvalue weighted by Crippen LogP contribution is -2.60. The molecule has 0 radical (unpaired) electrons. The lowest BCUT2D eigenvalue weighted by Gasteiger charge is -2.44. The highest BCUT2D eigenvalue weighted by Crippen LogP contribution is 2.50. The lowest BCUT2D eigenvalue weighted by atomic mass is 9.36.